The second-order valence-corrected chi connectivity index (χ2v) is 2.56. The Morgan fingerprint density at radius 2 is 1.73 bits per heavy atom. The summed E-state index contributed by atoms with van der Waals surface area (Å²) in [7, 11) is 0. The Morgan fingerprint density at radius 3 is 2.18 bits per heavy atom. The second-order valence-electron chi connectivity index (χ2n) is 2.56. The molecule has 0 aromatic rings. The first-order chi connectivity index (χ1) is 4.77. The Hall–Kier alpha value is -0.100. The normalized spacial score (nSPS) is 8.82. The molecule has 0 heterocycles. The quantitative estimate of drug-likeness (QED) is 0.501. The highest BCUT2D eigenvalue weighted by Crippen LogP contribution is 2.04. The van der Waals surface area contributed by atoms with E-state index in [4.69, 9.17) is 5.11 Å². The summed E-state index contributed by atoms with van der Waals surface area (Å²) >= 11 is 0. The van der Waals surface area contributed by atoms with Gasteiger partial charge in [0, 0.05) is 6.42 Å². The Kier molecular flexibility index (Phi) is 12.1. The molecule has 0 spiro atoms. The lowest BCUT2D eigenvalue weighted by Gasteiger charge is -1.95. The topological polar surface area (TPSA) is 37.3 Å². The van der Waals surface area contributed by atoms with E-state index in [2.05, 4.69) is 6.92 Å². The van der Waals surface area contributed by atoms with Crippen LogP contribution in [0, 0.1) is 0 Å². The van der Waals surface area contributed by atoms with Crippen LogP contribution >= 0.6 is 9.90 Å². The summed E-state index contributed by atoms with van der Waals surface area (Å²) in [5.41, 5.74) is 0. The van der Waals surface area contributed by atoms with E-state index in [1.807, 2.05) is 0 Å². The van der Waals surface area contributed by atoms with Gasteiger partial charge in [0.05, 0.1) is 0 Å². The molecule has 0 aromatic heterocycles. The maximum Gasteiger partial charge on any atom is 0.303 e. The van der Waals surface area contributed by atoms with Crippen LogP contribution in [-0.4, -0.2) is 11.1 Å². The molecule has 0 aliphatic carbocycles. The third kappa shape index (κ3) is 13.0. The van der Waals surface area contributed by atoms with Crippen LogP contribution in [0.25, 0.3) is 0 Å². The number of hydrogen-bond donors (Lipinski definition) is 1. The van der Waals surface area contributed by atoms with Gasteiger partial charge < -0.3 is 5.11 Å². The molecule has 3 heteroatoms. The molecule has 68 valence electrons. The van der Waals surface area contributed by atoms with Crippen molar-refractivity contribution in [1.82, 2.24) is 0 Å². The molecule has 0 radical (unpaired) electrons. The van der Waals surface area contributed by atoms with Gasteiger partial charge in [0.25, 0.3) is 0 Å². The van der Waals surface area contributed by atoms with Crippen molar-refractivity contribution in [1.29, 1.82) is 0 Å². The largest absolute Gasteiger partial charge is 0.481 e. The zero-order valence-electron chi connectivity index (χ0n) is 7.31. The van der Waals surface area contributed by atoms with Gasteiger partial charge in [-0.3, -0.25) is 4.79 Å². The van der Waals surface area contributed by atoms with Gasteiger partial charge in [0.15, 0.2) is 0 Å². The number of carboxylic acid groups (broad SMARTS) is 1. The van der Waals surface area contributed by atoms with Gasteiger partial charge in [-0.25, -0.2) is 0 Å². The second kappa shape index (κ2) is 9.90. The van der Waals surface area contributed by atoms with Crippen molar-refractivity contribution in [2.24, 2.45) is 0 Å². The van der Waals surface area contributed by atoms with Crippen molar-refractivity contribution in [2.45, 2.75) is 45.4 Å². The average Bonchev–Trinajstić information content (AvgIpc) is 1.87. The first-order valence-electron chi connectivity index (χ1n) is 3.99. The molecule has 0 aromatic carbocycles. The lowest BCUT2D eigenvalue weighted by Crippen LogP contribution is -1.93. The minimum absolute atomic E-state index is 0. The summed E-state index contributed by atoms with van der Waals surface area (Å²) in [6.07, 6.45) is 5.88. The molecule has 1 N–H and O–H groups in total. The summed E-state index contributed by atoms with van der Waals surface area (Å²) in [6, 6.07) is 0. The smallest absolute Gasteiger partial charge is 0.303 e. The number of unbranched alkanes of at least 4 members (excludes halogenated alkanes) is 4. The first-order valence-corrected chi connectivity index (χ1v) is 3.99. The molecule has 0 aliphatic heterocycles. The monoisotopic (exact) mass is 178 g/mol. The van der Waals surface area contributed by atoms with E-state index in [1.165, 1.54) is 19.3 Å². The molecular weight excluding hydrogens is 159 g/mol. The van der Waals surface area contributed by atoms with Crippen LogP contribution in [-0.2, 0) is 4.79 Å². The van der Waals surface area contributed by atoms with E-state index >= 15 is 0 Å². The standard InChI is InChI=1S/C8H16O2.H3P/c1-2-3-4-5-6-7-8(9)10;/h2-7H2,1H3,(H,9,10);1H3. The van der Waals surface area contributed by atoms with E-state index in [-0.39, 0.29) is 9.90 Å². The summed E-state index contributed by atoms with van der Waals surface area (Å²) in [6.45, 7) is 2.15. The van der Waals surface area contributed by atoms with Gasteiger partial charge in [0.1, 0.15) is 0 Å². The lowest BCUT2D eigenvalue weighted by atomic mass is 10.1. The molecule has 0 amide bonds. The summed E-state index contributed by atoms with van der Waals surface area (Å²) in [4.78, 5) is 10.0. The van der Waals surface area contributed by atoms with Gasteiger partial charge >= 0.3 is 5.97 Å². The molecule has 2 nitrogen and oxygen atoms in total. The van der Waals surface area contributed by atoms with Crippen LogP contribution in [0.4, 0.5) is 0 Å². The van der Waals surface area contributed by atoms with E-state index in [0.29, 0.717) is 6.42 Å². The van der Waals surface area contributed by atoms with Crippen LogP contribution in [0.2, 0.25) is 0 Å². The summed E-state index contributed by atoms with van der Waals surface area (Å²) in [5.74, 6) is -0.670. The number of carboxylic acids is 1. The number of rotatable bonds is 6. The fourth-order valence-electron chi connectivity index (χ4n) is 0.880. The summed E-state index contributed by atoms with van der Waals surface area (Å²) < 4.78 is 0. The van der Waals surface area contributed by atoms with E-state index in [9.17, 15) is 4.79 Å². The average molecular weight is 178 g/mol. The molecule has 0 rings (SSSR count). The molecule has 0 aliphatic rings. The molecule has 1 atom stereocenters. The molecule has 0 saturated carbocycles. The van der Waals surface area contributed by atoms with Crippen LogP contribution in [0.5, 0.6) is 0 Å². The van der Waals surface area contributed by atoms with Gasteiger partial charge in [-0.2, -0.15) is 9.90 Å². The van der Waals surface area contributed by atoms with Crippen molar-refractivity contribution in [3.05, 3.63) is 0 Å². The third-order valence-corrected chi connectivity index (χ3v) is 1.49. The van der Waals surface area contributed by atoms with Gasteiger partial charge in [0.2, 0.25) is 0 Å². The minimum Gasteiger partial charge on any atom is -0.481 e. The van der Waals surface area contributed by atoms with E-state index < -0.39 is 5.97 Å². The number of hydrogen-bond acceptors (Lipinski definition) is 1. The number of aliphatic carboxylic acids is 1. The Bertz CT molecular complexity index is 94.1. The zero-order valence-corrected chi connectivity index (χ0v) is 8.72. The SMILES string of the molecule is CCCCCCCC(=O)O.P. The molecule has 1 unspecified atom stereocenters. The van der Waals surface area contributed by atoms with Crippen LogP contribution in [0.1, 0.15) is 45.4 Å². The van der Waals surface area contributed by atoms with Crippen molar-refractivity contribution in [3.8, 4) is 0 Å². The Morgan fingerprint density at radius 1 is 1.18 bits per heavy atom. The highest BCUT2D eigenvalue weighted by atomic mass is 31.0. The minimum atomic E-state index is -0.670. The summed E-state index contributed by atoms with van der Waals surface area (Å²) in [5, 5.41) is 8.27. The predicted octanol–water partition coefficient (Wildman–Crippen LogP) is 2.49. The Labute approximate surface area is 72.0 Å². The molecule has 0 saturated heterocycles. The van der Waals surface area contributed by atoms with Crippen LogP contribution < -0.4 is 0 Å². The first kappa shape index (κ1) is 13.5. The van der Waals surface area contributed by atoms with Gasteiger partial charge in [-0.15, -0.1) is 0 Å². The van der Waals surface area contributed by atoms with E-state index in [1.54, 1.807) is 0 Å². The zero-order chi connectivity index (χ0) is 7.82. The third-order valence-electron chi connectivity index (χ3n) is 1.49. The van der Waals surface area contributed by atoms with E-state index in [0.717, 1.165) is 12.8 Å². The lowest BCUT2D eigenvalue weighted by molar-refractivity contribution is -0.137. The van der Waals surface area contributed by atoms with Crippen LogP contribution in [0.3, 0.4) is 0 Å². The fourth-order valence-corrected chi connectivity index (χ4v) is 0.880. The molecule has 11 heavy (non-hydrogen) atoms. The highest BCUT2D eigenvalue weighted by Gasteiger charge is 1.94. The maximum atomic E-state index is 10.0. The molecule has 0 fully saturated rings. The van der Waals surface area contributed by atoms with Crippen molar-refractivity contribution < 1.29 is 9.90 Å². The Balaban J connectivity index is 0. The van der Waals surface area contributed by atoms with Crippen molar-refractivity contribution in [3.63, 3.8) is 0 Å². The molecular formula is C8H19O2P. The van der Waals surface area contributed by atoms with Crippen molar-refractivity contribution in [2.75, 3.05) is 0 Å². The van der Waals surface area contributed by atoms with Crippen molar-refractivity contribution >= 4 is 15.9 Å². The van der Waals surface area contributed by atoms with Crippen LogP contribution in [0.15, 0.2) is 0 Å². The predicted molar refractivity (Wildman–Crippen MR) is 52.1 cm³/mol. The fraction of sp³-hybridized carbons (Fsp3) is 0.875. The molecule has 0 bridgehead atoms. The highest BCUT2D eigenvalue weighted by molar-refractivity contribution is 6.92. The number of carbonyl (C=O) groups is 1. The van der Waals surface area contributed by atoms with Gasteiger partial charge in [-0.1, -0.05) is 32.6 Å². The van der Waals surface area contributed by atoms with Gasteiger partial charge in [-0.05, 0) is 6.42 Å². The maximum absolute atomic E-state index is 10.0.